The molecule has 0 spiro atoms. The predicted octanol–water partition coefficient (Wildman–Crippen LogP) is 4.72. The average Bonchev–Trinajstić information content (AvgIpc) is 2.74. The highest BCUT2D eigenvalue weighted by Gasteiger charge is 2.26. The Balaban J connectivity index is 1.42. The third-order valence-electron chi connectivity index (χ3n) is 5.65. The molecule has 0 aromatic heterocycles. The summed E-state index contributed by atoms with van der Waals surface area (Å²) in [6.07, 6.45) is 1.74. The lowest BCUT2D eigenvalue weighted by molar-refractivity contribution is 0.170. The van der Waals surface area contributed by atoms with E-state index in [-0.39, 0.29) is 11.6 Å². The summed E-state index contributed by atoms with van der Waals surface area (Å²) in [4.78, 5) is 2.42. The van der Waals surface area contributed by atoms with Gasteiger partial charge in [0.25, 0.3) is 0 Å². The Morgan fingerprint density at radius 2 is 1.59 bits per heavy atom. The predicted molar refractivity (Wildman–Crippen MR) is 113 cm³/mol. The minimum Gasteiger partial charge on any atom is -0.311 e. The standard InChI is InChI=1S/C25H26F2N2/c26-23-9-6-19(7-10-23)14-25-16-21-8-11-24(27)15-22(21)18-29(25)13-12-28-17-20-4-2-1-3-5-20/h1-11,15,25,28H,12-14,16-18H2. The van der Waals surface area contributed by atoms with Crippen LogP contribution in [0, 0.1) is 11.6 Å². The Morgan fingerprint density at radius 3 is 2.38 bits per heavy atom. The maximum absolute atomic E-state index is 13.7. The largest absolute Gasteiger partial charge is 0.311 e. The first-order valence-electron chi connectivity index (χ1n) is 10.2. The van der Waals surface area contributed by atoms with Crippen LogP contribution < -0.4 is 5.32 Å². The van der Waals surface area contributed by atoms with E-state index in [2.05, 4.69) is 22.3 Å². The second kappa shape index (κ2) is 9.29. The molecule has 0 radical (unpaired) electrons. The molecule has 0 bridgehead atoms. The minimum absolute atomic E-state index is 0.178. The van der Waals surface area contributed by atoms with Gasteiger partial charge >= 0.3 is 0 Å². The summed E-state index contributed by atoms with van der Waals surface area (Å²) >= 11 is 0. The van der Waals surface area contributed by atoms with Crippen LogP contribution in [0.15, 0.2) is 72.8 Å². The van der Waals surface area contributed by atoms with Crippen LogP contribution in [0.25, 0.3) is 0 Å². The number of benzene rings is 3. The van der Waals surface area contributed by atoms with Gasteiger partial charge < -0.3 is 5.32 Å². The smallest absolute Gasteiger partial charge is 0.123 e. The van der Waals surface area contributed by atoms with E-state index in [1.54, 1.807) is 12.1 Å². The molecule has 4 rings (SSSR count). The maximum atomic E-state index is 13.7. The third kappa shape index (κ3) is 5.28. The maximum Gasteiger partial charge on any atom is 0.123 e. The van der Waals surface area contributed by atoms with Crippen LogP contribution in [0.5, 0.6) is 0 Å². The van der Waals surface area contributed by atoms with Crippen molar-refractivity contribution in [3.63, 3.8) is 0 Å². The second-order valence-corrected chi connectivity index (χ2v) is 7.73. The van der Waals surface area contributed by atoms with Gasteiger partial charge in [-0.1, -0.05) is 48.5 Å². The summed E-state index contributed by atoms with van der Waals surface area (Å²) in [5.41, 5.74) is 4.68. The Labute approximate surface area is 171 Å². The Bertz CT molecular complexity index is 925. The quantitative estimate of drug-likeness (QED) is 0.585. The average molecular weight is 392 g/mol. The van der Waals surface area contributed by atoms with Crippen LogP contribution in [0.1, 0.15) is 22.3 Å². The van der Waals surface area contributed by atoms with E-state index in [4.69, 9.17) is 0 Å². The Hall–Kier alpha value is -2.56. The summed E-state index contributed by atoms with van der Waals surface area (Å²) in [6, 6.07) is 22.5. The van der Waals surface area contributed by atoms with Gasteiger partial charge in [-0.2, -0.15) is 0 Å². The van der Waals surface area contributed by atoms with Gasteiger partial charge in [-0.3, -0.25) is 4.90 Å². The molecule has 1 heterocycles. The van der Waals surface area contributed by atoms with Crippen molar-refractivity contribution in [2.75, 3.05) is 13.1 Å². The highest BCUT2D eigenvalue weighted by molar-refractivity contribution is 5.32. The van der Waals surface area contributed by atoms with Crippen LogP contribution in [0.4, 0.5) is 8.78 Å². The highest BCUT2D eigenvalue weighted by atomic mass is 19.1. The van der Waals surface area contributed by atoms with Gasteiger partial charge in [-0.15, -0.1) is 0 Å². The summed E-state index contributed by atoms with van der Waals surface area (Å²) in [6.45, 7) is 3.32. The molecule has 2 nitrogen and oxygen atoms in total. The molecular weight excluding hydrogens is 366 g/mol. The van der Waals surface area contributed by atoms with Crippen LogP contribution in [-0.4, -0.2) is 24.0 Å². The summed E-state index contributed by atoms with van der Waals surface area (Å²) in [5.74, 6) is -0.386. The van der Waals surface area contributed by atoms with Crippen LogP contribution >= 0.6 is 0 Å². The lowest BCUT2D eigenvalue weighted by Gasteiger charge is -2.37. The molecule has 4 heteroatoms. The van der Waals surface area contributed by atoms with Gasteiger partial charge in [-0.25, -0.2) is 8.78 Å². The van der Waals surface area contributed by atoms with Crippen LogP contribution in [0.2, 0.25) is 0 Å². The number of hydrogen-bond donors (Lipinski definition) is 1. The number of nitrogens with zero attached hydrogens (tertiary/aromatic N) is 1. The number of hydrogen-bond acceptors (Lipinski definition) is 2. The SMILES string of the molecule is Fc1ccc(CC2Cc3ccc(F)cc3CN2CCNCc2ccccc2)cc1. The lowest BCUT2D eigenvalue weighted by atomic mass is 9.90. The molecule has 3 aromatic rings. The van der Waals surface area contributed by atoms with E-state index >= 15 is 0 Å². The molecule has 29 heavy (non-hydrogen) atoms. The first-order valence-corrected chi connectivity index (χ1v) is 10.2. The van der Waals surface area contributed by atoms with Gasteiger partial charge in [0.1, 0.15) is 11.6 Å². The van der Waals surface area contributed by atoms with Crippen molar-refractivity contribution in [1.29, 1.82) is 0 Å². The van der Waals surface area contributed by atoms with Gasteiger partial charge in [0.15, 0.2) is 0 Å². The fourth-order valence-corrected chi connectivity index (χ4v) is 4.08. The molecule has 0 saturated heterocycles. The second-order valence-electron chi connectivity index (χ2n) is 7.73. The van der Waals surface area contributed by atoms with Gasteiger partial charge in [0.05, 0.1) is 0 Å². The molecule has 0 aliphatic carbocycles. The van der Waals surface area contributed by atoms with Crippen molar-refractivity contribution in [2.45, 2.75) is 32.0 Å². The van der Waals surface area contributed by atoms with Crippen molar-refractivity contribution in [3.8, 4) is 0 Å². The van der Waals surface area contributed by atoms with Gasteiger partial charge in [0.2, 0.25) is 0 Å². The van der Waals surface area contributed by atoms with E-state index < -0.39 is 0 Å². The molecule has 0 saturated carbocycles. The number of nitrogens with one attached hydrogen (secondary N) is 1. The van der Waals surface area contributed by atoms with E-state index in [0.717, 1.165) is 50.1 Å². The Kier molecular flexibility index (Phi) is 6.33. The molecule has 1 atom stereocenters. The zero-order chi connectivity index (χ0) is 20.1. The van der Waals surface area contributed by atoms with Gasteiger partial charge in [-0.05, 0) is 59.4 Å². The Morgan fingerprint density at radius 1 is 0.828 bits per heavy atom. The minimum atomic E-state index is -0.208. The molecule has 1 aliphatic rings. The zero-order valence-corrected chi connectivity index (χ0v) is 16.5. The molecule has 3 aromatic carbocycles. The molecule has 1 aliphatic heterocycles. The van der Waals surface area contributed by atoms with Gasteiger partial charge in [0, 0.05) is 32.2 Å². The van der Waals surface area contributed by atoms with Crippen LogP contribution in [-0.2, 0) is 25.9 Å². The third-order valence-corrected chi connectivity index (χ3v) is 5.65. The molecule has 0 fully saturated rings. The van der Waals surface area contributed by atoms with Crippen molar-refractivity contribution < 1.29 is 8.78 Å². The zero-order valence-electron chi connectivity index (χ0n) is 16.5. The van der Waals surface area contributed by atoms with Crippen LogP contribution in [0.3, 0.4) is 0 Å². The number of fused-ring (bicyclic) bond motifs is 1. The molecular formula is C25H26F2N2. The van der Waals surface area contributed by atoms with Crippen molar-refractivity contribution in [2.24, 2.45) is 0 Å². The van der Waals surface area contributed by atoms with E-state index in [1.165, 1.54) is 23.3 Å². The number of rotatable bonds is 7. The number of halogens is 2. The van der Waals surface area contributed by atoms with E-state index in [1.807, 2.05) is 36.4 Å². The molecule has 1 unspecified atom stereocenters. The molecule has 1 N–H and O–H groups in total. The summed E-state index contributed by atoms with van der Waals surface area (Å²) in [5, 5.41) is 3.51. The van der Waals surface area contributed by atoms with E-state index in [0.29, 0.717) is 6.04 Å². The van der Waals surface area contributed by atoms with Crippen molar-refractivity contribution >= 4 is 0 Å². The molecule has 150 valence electrons. The highest BCUT2D eigenvalue weighted by Crippen LogP contribution is 2.26. The first-order chi connectivity index (χ1) is 14.2. The lowest BCUT2D eigenvalue weighted by Crippen LogP contribution is -2.44. The summed E-state index contributed by atoms with van der Waals surface area (Å²) in [7, 11) is 0. The van der Waals surface area contributed by atoms with E-state index in [9.17, 15) is 8.78 Å². The molecule has 0 amide bonds. The fourth-order valence-electron chi connectivity index (χ4n) is 4.08. The summed E-state index contributed by atoms with van der Waals surface area (Å²) < 4.78 is 27.0. The van der Waals surface area contributed by atoms with Crippen molar-refractivity contribution in [1.82, 2.24) is 10.2 Å². The van der Waals surface area contributed by atoms with Crippen molar-refractivity contribution in [3.05, 3.63) is 107 Å². The normalized spacial score (nSPS) is 16.6. The fraction of sp³-hybridized carbons (Fsp3) is 0.280. The topological polar surface area (TPSA) is 15.3 Å². The first kappa shape index (κ1) is 19.7. The monoisotopic (exact) mass is 392 g/mol.